The lowest BCUT2D eigenvalue weighted by Crippen LogP contribution is -2.14. The standard InChI is InChI=1S/C16H14O5/c1-10(16(19)20-2)15(18)14-9-12(17)8-13(21-14)11-6-4-3-5-7-11/h3-9,15,18H,1H2,2H3. The van der Waals surface area contributed by atoms with Crippen LogP contribution in [0.4, 0.5) is 0 Å². The van der Waals surface area contributed by atoms with E-state index in [1.807, 2.05) is 6.07 Å². The highest BCUT2D eigenvalue weighted by molar-refractivity contribution is 5.88. The van der Waals surface area contributed by atoms with Gasteiger partial charge in [0.2, 0.25) is 0 Å². The summed E-state index contributed by atoms with van der Waals surface area (Å²) in [7, 11) is 1.18. The van der Waals surface area contributed by atoms with E-state index < -0.39 is 12.1 Å². The molecule has 0 fully saturated rings. The van der Waals surface area contributed by atoms with Crippen molar-refractivity contribution in [2.24, 2.45) is 0 Å². The molecule has 21 heavy (non-hydrogen) atoms. The summed E-state index contributed by atoms with van der Waals surface area (Å²) in [4.78, 5) is 23.1. The van der Waals surface area contributed by atoms with Crippen molar-refractivity contribution in [3.05, 3.63) is 70.6 Å². The first-order valence-electron chi connectivity index (χ1n) is 6.18. The molecule has 5 nitrogen and oxygen atoms in total. The second-order valence-electron chi connectivity index (χ2n) is 4.35. The summed E-state index contributed by atoms with van der Waals surface area (Å²) in [5.41, 5.74) is 0.144. The van der Waals surface area contributed by atoms with E-state index in [4.69, 9.17) is 4.42 Å². The molecule has 0 aliphatic rings. The zero-order valence-corrected chi connectivity index (χ0v) is 11.4. The maximum absolute atomic E-state index is 11.7. The summed E-state index contributed by atoms with van der Waals surface area (Å²) in [5, 5.41) is 10.1. The molecule has 5 heteroatoms. The minimum atomic E-state index is -1.44. The van der Waals surface area contributed by atoms with Crippen LogP contribution < -0.4 is 5.43 Å². The highest BCUT2D eigenvalue weighted by Gasteiger charge is 2.22. The van der Waals surface area contributed by atoms with Crippen LogP contribution in [0, 0.1) is 0 Å². The van der Waals surface area contributed by atoms with E-state index in [1.165, 1.54) is 13.2 Å². The van der Waals surface area contributed by atoms with Crippen LogP contribution in [0.1, 0.15) is 11.9 Å². The molecule has 1 unspecified atom stereocenters. The monoisotopic (exact) mass is 286 g/mol. The van der Waals surface area contributed by atoms with Crippen molar-refractivity contribution >= 4 is 5.97 Å². The SMILES string of the molecule is C=C(C(=O)OC)C(O)c1cc(=O)cc(-c2ccccc2)o1. The van der Waals surface area contributed by atoms with Crippen LogP contribution in [0.15, 0.2) is 63.8 Å². The molecule has 0 radical (unpaired) electrons. The van der Waals surface area contributed by atoms with Crippen LogP contribution in [0.3, 0.4) is 0 Å². The zero-order valence-electron chi connectivity index (χ0n) is 11.4. The largest absolute Gasteiger partial charge is 0.466 e. The lowest BCUT2D eigenvalue weighted by Gasteiger charge is -2.12. The Morgan fingerprint density at radius 1 is 1.29 bits per heavy atom. The third-order valence-corrected chi connectivity index (χ3v) is 2.89. The fourth-order valence-electron chi connectivity index (χ4n) is 1.79. The van der Waals surface area contributed by atoms with E-state index in [-0.39, 0.29) is 16.8 Å². The molecule has 0 spiro atoms. The Balaban J connectivity index is 2.42. The molecule has 1 heterocycles. The highest BCUT2D eigenvalue weighted by atomic mass is 16.5. The van der Waals surface area contributed by atoms with Crippen LogP contribution in [0.2, 0.25) is 0 Å². The van der Waals surface area contributed by atoms with Gasteiger partial charge in [0.25, 0.3) is 0 Å². The molecule has 0 aliphatic carbocycles. The number of aliphatic hydroxyl groups excluding tert-OH is 1. The van der Waals surface area contributed by atoms with Crippen molar-refractivity contribution in [3.63, 3.8) is 0 Å². The number of ether oxygens (including phenoxy) is 1. The first kappa shape index (κ1) is 14.7. The van der Waals surface area contributed by atoms with E-state index in [9.17, 15) is 14.7 Å². The first-order chi connectivity index (χ1) is 10.0. The third-order valence-electron chi connectivity index (χ3n) is 2.89. The van der Waals surface area contributed by atoms with E-state index in [0.717, 1.165) is 6.07 Å². The molecule has 1 atom stereocenters. The molecule has 0 bridgehead atoms. The molecular weight excluding hydrogens is 272 g/mol. The number of benzene rings is 1. The topological polar surface area (TPSA) is 76.7 Å². The molecule has 1 aromatic heterocycles. The van der Waals surface area contributed by atoms with Gasteiger partial charge in [-0.2, -0.15) is 0 Å². The minimum absolute atomic E-state index is 0.0586. The van der Waals surface area contributed by atoms with Gasteiger partial charge in [0, 0.05) is 17.7 Å². The van der Waals surface area contributed by atoms with Gasteiger partial charge in [-0.15, -0.1) is 0 Å². The second-order valence-corrected chi connectivity index (χ2v) is 4.35. The average Bonchev–Trinajstić information content (AvgIpc) is 2.52. The second kappa shape index (κ2) is 6.19. The molecule has 0 saturated carbocycles. The van der Waals surface area contributed by atoms with Crippen molar-refractivity contribution in [1.82, 2.24) is 0 Å². The molecule has 1 N–H and O–H groups in total. The van der Waals surface area contributed by atoms with Crippen molar-refractivity contribution in [3.8, 4) is 11.3 Å². The third kappa shape index (κ3) is 3.27. The Kier molecular flexibility index (Phi) is 4.35. The Labute approximate surface area is 121 Å². The Morgan fingerprint density at radius 3 is 2.57 bits per heavy atom. The molecule has 0 aliphatic heterocycles. The van der Waals surface area contributed by atoms with Crippen LogP contribution in [0.25, 0.3) is 11.3 Å². The Hall–Kier alpha value is -2.66. The number of carbonyl (C=O) groups is 1. The van der Waals surface area contributed by atoms with Gasteiger partial charge in [-0.3, -0.25) is 4.79 Å². The number of hydrogen-bond acceptors (Lipinski definition) is 5. The summed E-state index contributed by atoms with van der Waals surface area (Å²) in [6.07, 6.45) is -1.44. The van der Waals surface area contributed by atoms with Crippen molar-refractivity contribution in [2.75, 3.05) is 7.11 Å². The molecule has 2 aromatic rings. The first-order valence-corrected chi connectivity index (χ1v) is 6.18. The number of hydrogen-bond donors (Lipinski definition) is 1. The maximum atomic E-state index is 11.7. The predicted molar refractivity (Wildman–Crippen MR) is 76.5 cm³/mol. The van der Waals surface area contributed by atoms with E-state index >= 15 is 0 Å². The fourth-order valence-corrected chi connectivity index (χ4v) is 1.79. The van der Waals surface area contributed by atoms with E-state index in [2.05, 4.69) is 11.3 Å². The van der Waals surface area contributed by atoms with Crippen molar-refractivity contribution in [1.29, 1.82) is 0 Å². The predicted octanol–water partition coefficient (Wildman–Crippen LogP) is 2.07. The molecule has 1 aromatic carbocycles. The van der Waals surface area contributed by atoms with Gasteiger partial charge in [0.15, 0.2) is 5.43 Å². The Morgan fingerprint density at radius 2 is 1.95 bits per heavy atom. The van der Waals surface area contributed by atoms with Gasteiger partial charge in [-0.05, 0) is 0 Å². The van der Waals surface area contributed by atoms with Gasteiger partial charge >= 0.3 is 5.97 Å². The number of rotatable bonds is 4. The molecule has 0 amide bonds. The van der Waals surface area contributed by atoms with Crippen LogP contribution in [-0.4, -0.2) is 18.2 Å². The molecule has 2 rings (SSSR count). The van der Waals surface area contributed by atoms with Gasteiger partial charge in [0.1, 0.15) is 17.6 Å². The zero-order chi connectivity index (χ0) is 15.4. The van der Waals surface area contributed by atoms with Gasteiger partial charge in [-0.1, -0.05) is 36.9 Å². The van der Waals surface area contributed by atoms with Crippen molar-refractivity contribution in [2.45, 2.75) is 6.10 Å². The number of aliphatic hydroxyl groups is 1. The summed E-state index contributed by atoms with van der Waals surface area (Å²) in [5.74, 6) is -0.526. The van der Waals surface area contributed by atoms with Crippen LogP contribution in [-0.2, 0) is 9.53 Å². The van der Waals surface area contributed by atoms with E-state index in [1.54, 1.807) is 24.3 Å². The van der Waals surface area contributed by atoms with E-state index in [0.29, 0.717) is 11.3 Å². The lowest BCUT2D eigenvalue weighted by molar-refractivity contribution is -0.137. The maximum Gasteiger partial charge on any atom is 0.336 e. The van der Waals surface area contributed by atoms with Gasteiger partial charge < -0.3 is 14.3 Å². The number of carbonyl (C=O) groups excluding carboxylic acids is 1. The summed E-state index contributed by atoms with van der Waals surface area (Å²) < 4.78 is 9.98. The average molecular weight is 286 g/mol. The van der Waals surface area contributed by atoms with Gasteiger partial charge in [-0.25, -0.2) is 4.79 Å². The van der Waals surface area contributed by atoms with Crippen LogP contribution in [0.5, 0.6) is 0 Å². The quantitative estimate of drug-likeness (QED) is 0.687. The molecule has 108 valence electrons. The number of methoxy groups -OCH3 is 1. The summed E-state index contributed by atoms with van der Waals surface area (Å²) >= 11 is 0. The summed E-state index contributed by atoms with van der Waals surface area (Å²) in [6, 6.07) is 11.4. The molecule has 0 saturated heterocycles. The normalized spacial score (nSPS) is 11.7. The van der Waals surface area contributed by atoms with Crippen LogP contribution >= 0.6 is 0 Å². The summed E-state index contributed by atoms with van der Waals surface area (Å²) in [6.45, 7) is 3.45. The lowest BCUT2D eigenvalue weighted by atomic mass is 10.1. The highest BCUT2D eigenvalue weighted by Crippen LogP contribution is 2.25. The smallest absolute Gasteiger partial charge is 0.336 e. The number of esters is 1. The Bertz CT molecular complexity index is 715. The molecular formula is C16H14O5. The van der Waals surface area contributed by atoms with Crippen molar-refractivity contribution < 1.29 is 19.1 Å². The van der Waals surface area contributed by atoms with Gasteiger partial charge in [0.05, 0.1) is 12.7 Å². The minimum Gasteiger partial charge on any atom is -0.466 e. The fraction of sp³-hybridized carbons (Fsp3) is 0.125.